The summed E-state index contributed by atoms with van der Waals surface area (Å²) >= 11 is 1.40. The predicted octanol–water partition coefficient (Wildman–Crippen LogP) is 4.71. The SMILES string of the molecule is Cn1c(CCNC(=O)c2ccccc2Sc2ccccc2C#N)nc2ccc(F)cc21. The number of aryl methyl sites for hydroxylation is 1. The standard InChI is InChI=1S/C24H19FN4OS/c1-29-20-14-17(25)10-11-19(20)28-23(29)12-13-27-24(30)18-7-3-5-9-22(18)31-21-8-4-2-6-16(21)15-26/h2-11,14H,12-13H2,1H3,(H,27,30). The van der Waals surface area contributed by atoms with E-state index in [2.05, 4.69) is 16.4 Å². The molecular formula is C24H19FN4OS. The smallest absolute Gasteiger partial charge is 0.252 e. The average molecular weight is 431 g/mol. The molecule has 154 valence electrons. The Kier molecular flexibility index (Phi) is 6.01. The lowest BCUT2D eigenvalue weighted by Gasteiger charge is -2.11. The zero-order valence-corrected chi connectivity index (χ0v) is 17.6. The Labute approximate surface area is 183 Å². The number of aromatic nitrogens is 2. The normalized spacial score (nSPS) is 10.7. The lowest BCUT2D eigenvalue weighted by molar-refractivity contribution is 0.0951. The first-order valence-electron chi connectivity index (χ1n) is 9.72. The molecule has 3 aromatic carbocycles. The van der Waals surface area contributed by atoms with Crippen LogP contribution in [0, 0.1) is 17.1 Å². The van der Waals surface area contributed by atoms with Crippen LogP contribution >= 0.6 is 11.8 Å². The van der Waals surface area contributed by atoms with E-state index in [1.807, 2.05) is 48.0 Å². The Morgan fingerprint density at radius 1 is 1.13 bits per heavy atom. The number of fused-ring (bicyclic) bond motifs is 1. The van der Waals surface area contributed by atoms with Crippen molar-refractivity contribution in [1.29, 1.82) is 5.26 Å². The van der Waals surface area contributed by atoms with Crippen LogP contribution in [0.2, 0.25) is 0 Å². The molecule has 0 spiro atoms. The van der Waals surface area contributed by atoms with Crippen LogP contribution in [0.1, 0.15) is 21.7 Å². The quantitative estimate of drug-likeness (QED) is 0.481. The second kappa shape index (κ2) is 9.02. The molecule has 5 nitrogen and oxygen atoms in total. The van der Waals surface area contributed by atoms with Gasteiger partial charge in [-0.1, -0.05) is 36.0 Å². The minimum Gasteiger partial charge on any atom is -0.352 e. The number of hydrogen-bond acceptors (Lipinski definition) is 4. The summed E-state index contributed by atoms with van der Waals surface area (Å²) in [6.07, 6.45) is 0.519. The molecular weight excluding hydrogens is 411 g/mol. The average Bonchev–Trinajstić information content (AvgIpc) is 3.09. The van der Waals surface area contributed by atoms with Crippen LogP contribution in [0.3, 0.4) is 0 Å². The molecule has 0 aliphatic heterocycles. The summed E-state index contributed by atoms with van der Waals surface area (Å²) in [4.78, 5) is 18.9. The summed E-state index contributed by atoms with van der Waals surface area (Å²) in [7, 11) is 1.84. The Morgan fingerprint density at radius 2 is 1.87 bits per heavy atom. The highest BCUT2D eigenvalue weighted by Crippen LogP contribution is 2.32. The number of amides is 1. The Morgan fingerprint density at radius 3 is 2.68 bits per heavy atom. The number of hydrogen-bond donors (Lipinski definition) is 1. The summed E-state index contributed by atoms with van der Waals surface area (Å²) in [5.74, 6) is 0.274. The van der Waals surface area contributed by atoms with Gasteiger partial charge in [-0.2, -0.15) is 5.26 Å². The Bertz CT molecular complexity index is 1310. The van der Waals surface area contributed by atoms with Gasteiger partial charge in [-0.3, -0.25) is 4.79 Å². The summed E-state index contributed by atoms with van der Waals surface area (Å²) < 4.78 is 15.3. The van der Waals surface area contributed by atoms with Crippen molar-refractivity contribution in [2.75, 3.05) is 6.54 Å². The Balaban J connectivity index is 1.46. The van der Waals surface area contributed by atoms with E-state index in [4.69, 9.17) is 0 Å². The molecule has 1 heterocycles. The lowest BCUT2D eigenvalue weighted by atomic mass is 10.2. The van der Waals surface area contributed by atoms with Gasteiger partial charge in [0.05, 0.1) is 22.2 Å². The van der Waals surface area contributed by atoms with Gasteiger partial charge in [0.2, 0.25) is 0 Å². The van der Waals surface area contributed by atoms with E-state index in [0.717, 1.165) is 26.6 Å². The van der Waals surface area contributed by atoms with Crippen LogP contribution in [0.15, 0.2) is 76.5 Å². The lowest BCUT2D eigenvalue weighted by Crippen LogP contribution is -2.26. The molecule has 0 fully saturated rings. The van der Waals surface area contributed by atoms with Crippen molar-refractivity contribution in [3.63, 3.8) is 0 Å². The fraction of sp³-hybridized carbons (Fsp3) is 0.125. The van der Waals surface area contributed by atoms with Crippen molar-refractivity contribution in [2.24, 2.45) is 7.05 Å². The minimum absolute atomic E-state index is 0.192. The number of nitrogens with zero attached hydrogens (tertiary/aromatic N) is 3. The van der Waals surface area contributed by atoms with Crippen LogP contribution < -0.4 is 5.32 Å². The minimum atomic E-state index is -0.303. The van der Waals surface area contributed by atoms with Gasteiger partial charge in [0.1, 0.15) is 17.7 Å². The van der Waals surface area contributed by atoms with Gasteiger partial charge < -0.3 is 9.88 Å². The van der Waals surface area contributed by atoms with Crippen LogP contribution in [-0.2, 0) is 13.5 Å². The van der Waals surface area contributed by atoms with Crippen LogP contribution in [-0.4, -0.2) is 22.0 Å². The van der Waals surface area contributed by atoms with Crippen molar-refractivity contribution in [1.82, 2.24) is 14.9 Å². The molecule has 0 saturated heterocycles. The molecule has 1 aromatic heterocycles. The third-order valence-corrected chi connectivity index (χ3v) is 6.08. The van der Waals surface area contributed by atoms with Gasteiger partial charge in [0.25, 0.3) is 5.91 Å². The highest BCUT2D eigenvalue weighted by atomic mass is 32.2. The number of carbonyl (C=O) groups is 1. The van der Waals surface area contributed by atoms with E-state index in [0.29, 0.717) is 24.1 Å². The van der Waals surface area contributed by atoms with Gasteiger partial charge >= 0.3 is 0 Å². The molecule has 0 aliphatic rings. The molecule has 0 aliphatic carbocycles. The van der Waals surface area contributed by atoms with E-state index < -0.39 is 0 Å². The number of benzene rings is 3. The fourth-order valence-electron chi connectivity index (χ4n) is 3.33. The van der Waals surface area contributed by atoms with Gasteiger partial charge in [0, 0.05) is 29.8 Å². The molecule has 4 rings (SSSR count). The third kappa shape index (κ3) is 4.44. The highest BCUT2D eigenvalue weighted by molar-refractivity contribution is 7.99. The van der Waals surface area contributed by atoms with Gasteiger partial charge in [-0.15, -0.1) is 0 Å². The first-order valence-corrected chi connectivity index (χ1v) is 10.5. The first-order chi connectivity index (χ1) is 15.1. The second-order valence-corrected chi connectivity index (χ2v) is 8.02. The molecule has 4 aromatic rings. The van der Waals surface area contributed by atoms with Crippen LogP contribution in [0.4, 0.5) is 4.39 Å². The van der Waals surface area contributed by atoms with E-state index in [1.165, 1.54) is 23.9 Å². The summed E-state index contributed by atoms with van der Waals surface area (Å²) in [6.45, 7) is 0.395. The number of rotatable bonds is 6. The highest BCUT2D eigenvalue weighted by Gasteiger charge is 2.14. The van der Waals surface area contributed by atoms with E-state index in [-0.39, 0.29) is 11.7 Å². The van der Waals surface area contributed by atoms with Gasteiger partial charge in [0.15, 0.2) is 0 Å². The number of halogens is 1. The number of carbonyl (C=O) groups excluding carboxylic acids is 1. The zero-order chi connectivity index (χ0) is 21.8. The van der Waals surface area contributed by atoms with Crippen molar-refractivity contribution in [2.45, 2.75) is 16.2 Å². The molecule has 1 N–H and O–H groups in total. The molecule has 0 atom stereocenters. The monoisotopic (exact) mass is 430 g/mol. The number of nitriles is 1. The van der Waals surface area contributed by atoms with Gasteiger partial charge in [-0.05, 0) is 42.5 Å². The molecule has 0 saturated carbocycles. The third-order valence-electron chi connectivity index (χ3n) is 4.93. The topological polar surface area (TPSA) is 70.7 Å². The second-order valence-electron chi connectivity index (χ2n) is 6.93. The molecule has 7 heteroatoms. The van der Waals surface area contributed by atoms with Crippen LogP contribution in [0.5, 0.6) is 0 Å². The number of nitrogens with one attached hydrogen (secondary N) is 1. The van der Waals surface area contributed by atoms with Crippen molar-refractivity contribution in [3.8, 4) is 6.07 Å². The summed E-state index contributed by atoms with van der Waals surface area (Å²) in [5.41, 5.74) is 2.57. The maximum atomic E-state index is 13.5. The van der Waals surface area contributed by atoms with Crippen LogP contribution in [0.25, 0.3) is 11.0 Å². The van der Waals surface area contributed by atoms with Crippen molar-refractivity contribution in [3.05, 3.63) is 89.5 Å². The summed E-state index contributed by atoms with van der Waals surface area (Å²) in [5, 5.41) is 12.3. The molecule has 0 radical (unpaired) electrons. The number of imidazole rings is 1. The van der Waals surface area contributed by atoms with E-state index >= 15 is 0 Å². The predicted molar refractivity (Wildman–Crippen MR) is 118 cm³/mol. The zero-order valence-electron chi connectivity index (χ0n) is 16.8. The van der Waals surface area contributed by atoms with Gasteiger partial charge in [-0.25, -0.2) is 9.37 Å². The Hall–Kier alpha value is -3.63. The summed E-state index contributed by atoms with van der Waals surface area (Å²) in [6, 6.07) is 21.3. The van der Waals surface area contributed by atoms with Crippen molar-refractivity contribution < 1.29 is 9.18 Å². The molecule has 0 unspecified atom stereocenters. The largest absolute Gasteiger partial charge is 0.352 e. The molecule has 31 heavy (non-hydrogen) atoms. The molecule has 1 amide bonds. The van der Waals surface area contributed by atoms with Crippen molar-refractivity contribution >= 4 is 28.7 Å². The molecule has 0 bridgehead atoms. The fourth-order valence-corrected chi connectivity index (χ4v) is 4.35. The maximum Gasteiger partial charge on any atom is 0.252 e. The van der Waals surface area contributed by atoms with E-state index in [1.54, 1.807) is 18.2 Å². The van der Waals surface area contributed by atoms with E-state index in [9.17, 15) is 14.4 Å². The maximum absolute atomic E-state index is 13.5. The first kappa shape index (κ1) is 20.6.